The second-order valence-corrected chi connectivity index (χ2v) is 5.25. The second-order valence-electron chi connectivity index (χ2n) is 5.25. The lowest BCUT2D eigenvalue weighted by atomic mass is 10.1. The summed E-state index contributed by atoms with van der Waals surface area (Å²) >= 11 is 0. The monoisotopic (exact) mass is 313 g/mol. The quantitative estimate of drug-likeness (QED) is 0.780. The molecule has 0 aliphatic rings. The van der Waals surface area contributed by atoms with Crippen molar-refractivity contribution in [2.24, 2.45) is 5.73 Å². The fraction of sp³-hybridized carbons (Fsp3) is 0.188. The summed E-state index contributed by atoms with van der Waals surface area (Å²) in [4.78, 5) is 17.4. The topological polar surface area (TPSA) is 76.5 Å². The van der Waals surface area contributed by atoms with Gasteiger partial charge in [-0.2, -0.15) is 9.61 Å². The molecule has 0 saturated heterocycles. The van der Waals surface area contributed by atoms with E-state index in [4.69, 9.17) is 5.73 Å². The van der Waals surface area contributed by atoms with E-state index >= 15 is 0 Å². The number of amides is 1. The Morgan fingerprint density at radius 2 is 2.04 bits per heavy atom. The van der Waals surface area contributed by atoms with Gasteiger partial charge in [0.15, 0.2) is 5.65 Å². The summed E-state index contributed by atoms with van der Waals surface area (Å²) in [5.41, 5.74) is 7.40. The fourth-order valence-corrected chi connectivity index (χ4v) is 2.33. The van der Waals surface area contributed by atoms with Gasteiger partial charge < -0.3 is 10.6 Å². The van der Waals surface area contributed by atoms with Gasteiger partial charge in [0.1, 0.15) is 11.6 Å². The normalized spacial score (nSPS) is 10.9. The number of aromatic nitrogens is 3. The number of hydrogen-bond donors (Lipinski definition) is 1. The Bertz CT molecular complexity index is 843. The highest BCUT2D eigenvalue weighted by atomic mass is 19.1. The van der Waals surface area contributed by atoms with Crippen LogP contribution in [0.2, 0.25) is 0 Å². The summed E-state index contributed by atoms with van der Waals surface area (Å²) in [6.45, 7) is 0.469. The van der Waals surface area contributed by atoms with E-state index in [0.717, 1.165) is 11.4 Å². The molecule has 0 radical (unpaired) electrons. The van der Waals surface area contributed by atoms with Crippen molar-refractivity contribution < 1.29 is 9.18 Å². The molecule has 6 nitrogen and oxygen atoms in total. The Kier molecular flexibility index (Phi) is 3.92. The van der Waals surface area contributed by atoms with E-state index in [0.29, 0.717) is 17.9 Å². The minimum absolute atomic E-state index is 0.244. The Hall–Kier alpha value is -2.96. The Morgan fingerprint density at radius 3 is 2.74 bits per heavy atom. The zero-order valence-corrected chi connectivity index (χ0v) is 12.6. The molecule has 3 rings (SSSR count). The number of anilines is 1. The van der Waals surface area contributed by atoms with Crippen molar-refractivity contribution in [3.05, 3.63) is 48.4 Å². The number of rotatable bonds is 5. The molecule has 1 aromatic carbocycles. The molecule has 2 heterocycles. The molecule has 23 heavy (non-hydrogen) atoms. The Balaban J connectivity index is 2.04. The van der Waals surface area contributed by atoms with Gasteiger partial charge in [0.05, 0.1) is 11.9 Å². The third-order valence-corrected chi connectivity index (χ3v) is 3.57. The van der Waals surface area contributed by atoms with Crippen molar-refractivity contribution in [2.75, 3.05) is 18.5 Å². The van der Waals surface area contributed by atoms with Gasteiger partial charge in [-0.3, -0.25) is 4.79 Å². The summed E-state index contributed by atoms with van der Waals surface area (Å²) in [7, 11) is 1.85. The number of halogens is 1. The SMILES string of the molecule is CN(CCC(N)=O)c1cc(-c2ccc(F)cc2)nc2ccnn12. The predicted molar refractivity (Wildman–Crippen MR) is 85.5 cm³/mol. The summed E-state index contributed by atoms with van der Waals surface area (Å²) in [5.74, 6) is 0.125. The minimum atomic E-state index is -0.360. The lowest BCUT2D eigenvalue weighted by molar-refractivity contribution is -0.117. The number of nitrogens with zero attached hydrogens (tertiary/aromatic N) is 4. The van der Waals surface area contributed by atoms with Crippen molar-refractivity contribution in [1.82, 2.24) is 14.6 Å². The Labute approximate surface area is 132 Å². The van der Waals surface area contributed by atoms with Crippen LogP contribution < -0.4 is 10.6 Å². The maximum atomic E-state index is 13.1. The van der Waals surface area contributed by atoms with E-state index < -0.39 is 0 Å². The van der Waals surface area contributed by atoms with Crippen LogP contribution in [0.1, 0.15) is 6.42 Å². The van der Waals surface area contributed by atoms with Crippen LogP contribution >= 0.6 is 0 Å². The first-order valence-corrected chi connectivity index (χ1v) is 7.15. The molecule has 118 valence electrons. The lowest BCUT2D eigenvalue weighted by Gasteiger charge is -2.20. The summed E-state index contributed by atoms with van der Waals surface area (Å²) in [5, 5.41) is 4.25. The molecule has 3 aromatic rings. The van der Waals surface area contributed by atoms with Crippen LogP contribution in [0.25, 0.3) is 16.9 Å². The van der Waals surface area contributed by atoms with Crippen LogP contribution in [0, 0.1) is 5.82 Å². The highest BCUT2D eigenvalue weighted by Crippen LogP contribution is 2.24. The molecule has 1 amide bonds. The van der Waals surface area contributed by atoms with Gasteiger partial charge in [-0.15, -0.1) is 0 Å². The standard InChI is InChI=1S/C16H16FN5O/c1-21(9-7-14(18)23)16-10-13(11-2-4-12(17)5-3-11)20-15-6-8-19-22(15)16/h2-6,8,10H,7,9H2,1H3,(H2,18,23). The van der Waals surface area contributed by atoms with Crippen LogP contribution in [-0.4, -0.2) is 34.1 Å². The minimum Gasteiger partial charge on any atom is -0.370 e. The second kappa shape index (κ2) is 6.04. The smallest absolute Gasteiger partial charge is 0.219 e. The highest BCUT2D eigenvalue weighted by molar-refractivity contribution is 5.74. The molecule has 0 unspecified atom stereocenters. The van der Waals surface area contributed by atoms with E-state index in [9.17, 15) is 9.18 Å². The number of primary amides is 1. The van der Waals surface area contributed by atoms with Crippen LogP contribution in [0.5, 0.6) is 0 Å². The maximum Gasteiger partial charge on any atom is 0.219 e. The van der Waals surface area contributed by atoms with Gasteiger partial charge in [0, 0.05) is 37.7 Å². The third kappa shape index (κ3) is 3.13. The molecular formula is C16H16FN5O. The fourth-order valence-electron chi connectivity index (χ4n) is 2.33. The van der Waals surface area contributed by atoms with Gasteiger partial charge in [-0.1, -0.05) is 0 Å². The summed E-state index contributed by atoms with van der Waals surface area (Å²) in [6.07, 6.45) is 1.90. The molecule has 2 N–H and O–H groups in total. The van der Waals surface area contributed by atoms with Gasteiger partial charge in [0.2, 0.25) is 5.91 Å². The predicted octanol–water partition coefficient (Wildman–Crippen LogP) is 1.85. The zero-order chi connectivity index (χ0) is 16.4. The first-order chi connectivity index (χ1) is 11.0. The molecule has 0 spiro atoms. The Morgan fingerprint density at radius 1 is 1.30 bits per heavy atom. The van der Waals surface area contributed by atoms with Gasteiger partial charge in [-0.25, -0.2) is 9.37 Å². The molecule has 0 bridgehead atoms. The largest absolute Gasteiger partial charge is 0.370 e. The number of carbonyl (C=O) groups excluding carboxylic acids is 1. The van der Waals surface area contributed by atoms with Crippen LogP contribution in [-0.2, 0) is 4.79 Å². The molecule has 0 fully saturated rings. The van der Waals surface area contributed by atoms with Crippen molar-refractivity contribution in [3.63, 3.8) is 0 Å². The van der Waals surface area contributed by atoms with Crippen LogP contribution in [0.4, 0.5) is 10.2 Å². The number of benzene rings is 1. The maximum absolute atomic E-state index is 13.1. The molecule has 0 atom stereocenters. The average Bonchev–Trinajstić information content (AvgIpc) is 3.00. The number of hydrogen-bond acceptors (Lipinski definition) is 4. The zero-order valence-electron chi connectivity index (χ0n) is 12.6. The molecule has 2 aromatic heterocycles. The molecule has 0 aliphatic carbocycles. The molecule has 7 heteroatoms. The van der Waals surface area contributed by atoms with Gasteiger partial charge in [-0.05, 0) is 24.3 Å². The van der Waals surface area contributed by atoms with E-state index in [1.54, 1.807) is 28.9 Å². The molecule has 0 saturated carbocycles. The van der Waals surface area contributed by atoms with Crippen molar-refractivity contribution in [2.45, 2.75) is 6.42 Å². The van der Waals surface area contributed by atoms with Crippen molar-refractivity contribution in [3.8, 4) is 11.3 Å². The van der Waals surface area contributed by atoms with Gasteiger partial charge in [0.25, 0.3) is 0 Å². The van der Waals surface area contributed by atoms with Crippen LogP contribution in [0.15, 0.2) is 42.6 Å². The number of fused-ring (bicyclic) bond motifs is 1. The van der Waals surface area contributed by atoms with Crippen molar-refractivity contribution in [1.29, 1.82) is 0 Å². The number of carbonyl (C=O) groups is 1. The first-order valence-electron chi connectivity index (χ1n) is 7.15. The van der Waals surface area contributed by atoms with E-state index in [1.807, 2.05) is 18.0 Å². The van der Waals surface area contributed by atoms with Crippen molar-refractivity contribution >= 4 is 17.4 Å². The van der Waals surface area contributed by atoms with E-state index in [-0.39, 0.29) is 18.1 Å². The molecular weight excluding hydrogens is 297 g/mol. The summed E-state index contributed by atoms with van der Waals surface area (Å²) < 4.78 is 14.8. The third-order valence-electron chi connectivity index (χ3n) is 3.57. The van der Waals surface area contributed by atoms with E-state index in [1.165, 1.54) is 12.1 Å². The van der Waals surface area contributed by atoms with Crippen LogP contribution in [0.3, 0.4) is 0 Å². The molecule has 0 aliphatic heterocycles. The first kappa shape index (κ1) is 15.0. The van der Waals surface area contributed by atoms with E-state index in [2.05, 4.69) is 10.1 Å². The summed E-state index contributed by atoms with van der Waals surface area (Å²) in [6, 6.07) is 9.80. The van der Waals surface area contributed by atoms with Gasteiger partial charge >= 0.3 is 0 Å². The average molecular weight is 313 g/mol. The lowest BCUT2D eigenvalue weighted by Crippen LogP contribution is -2.26. The number of nitrogens with two attached hydrogens (primary N) is 1. The highest BCUT2D eigenvalue weighted by Gasteiger charge is 2.12.